The minimum absolute atomic E-state index is 0.138. The van der Waals surface area contributed by atoms with Gasteiger partial charge in [-0.15, -0.1) is 0 Å². The highest BCUT2D eigenvalue weighted by molar-refractivity contribution is 9.10. The van der Waals surface area contributed by atoms with Crippen LogP contribution in [0, 0.1) is 5.92 Å². The summed E-state index contributed by atoms with van der Waals surface area (Å²) in [4.78, 5) is 27.3. The second-order valence-electron chi connectivity index (χ2n) is 8.61. The summed E-state index contributed by atoms with van der Waals surface area (Å²) in [6, 6.07) is 13.8. The molecule has 0 saturated carbocycles. The maximum Gasteiger partial charge on any atom is 0.243 e. The van der Waals surface area contributed by atoms with Crippen molar-refractivity contribution in [3.05, 3.63) is 58.6 Å². The van der Waals surface area contributed by atoms with E-state index in [2.05, 4.69) is 21.2 Å². The Balaban J connectivity index is 1.35. The van der Waals surface area contributed by atoms with Crippen LogP contribution in [0.1, 0.15) is 31.2 Å². The number of rotatable bonds is 6. The average Bonchev–Trinajstić information content (AvgIpc) is 3.36. The predicted octanol–water partition coefficient (Wildman–Crippen LogP) is 3.65. The van der Waals surface area contributed by atoms with Gasteiger partial charge in [0.05, 0.1) is 17.2 Å². The fourth-order valence-corrected chi connectivity index (χ4v) is 6.12. The summed E-state index contributed by atoms with van der Waals surface area (Å²) >= 11 is 3.32. The van der Waals surface area contributed by atoms with Crippen molar-refractivity contribution in [2.24, 2.45) is 5.92 Å². The Kier molecular flexibility index (Phi) is 7.51. The van der Waals surface area contributed by atoms with Crippen molar-refractivity contribution in [1.82, 2.24) is 9.21 Å². The van der Waals surface area contributed by atoms with E-state index in [9.17, 15) is 18.0 Å². The summed E-state index contributed by atoms with van der Waals surface area (Å²) in [5, 5.41) is 2.90. The van der Waals surface area contributed by atoms with E-state index < -0.39 is 15.9 Å². The first-order valence-corrected chi connectivity index (χ1v) is 13.5. The third-order valence-corrected chi connectivity index (χ3v) is 8.65. The van der Waals surface area contributed by atoms with Gasteiger partial charge in [-0.1, -0.05) is 28.1 Å². The molecule has 1 N–H and O–H groups in total. The number of benzene rings is 2. The van der Waals surface area contributed by atoms with E-state index in [1.807, 2.05) is 17.0 Å². The molecule has 2 aromatic rings. The zero-order chi connectivity index (χ0) is 23.4. The molecule has 9 heteroatoms. The SMILES string of the molecule is O=C(Nc1ccc(CC(=O)N2CCCC2)cc1)[C@H]1CCCN(S(=O)(=O)c2ccc(Br)cc2)C1. The molecule has 2 aromatic carbocycles. The van der Waals surface area contributed by atoms with E-state index in [0.29, 0.717) is 31.5 Å². The molecule has 0 aromatic heterocycles. The minimum Gasteiger partial charge on any atom is -0.342 e. The standard InChI is InChI=1S/C24H28BrN3O4S/c25-20-7-11-22(12-8-20)33(31,32)28-15-3-4-19(17-28)24(30)26-21-9-5-18(6-10-21)16-23(29)27-13-1-2-14-27/h5-12,19H,1-4,13-17H2,(H,26,30)/t19-/m0/s1. The summed E-state index contributed by atoms with van der Waals surface area (Å²) in [5.41, 5.74) is 1.56. The van der Waals surface area contributed by atoms with Crippen molar-refractivity contribution in [2.75, 3.05) is 31.5 Å². The lowest BCUT2D eigenvalue weighted by Gasteiger charge is -2.31. The van der Waals surface area contributed by atoms with Gasteiger partial charge in [0.1, 0.15) is 0 Å². The van der Waals surface area contributed by atoms with E-state index in [4.69, 9.17) is 0 Å². The number of nitrogens with zero attached hydrogens (tertiary/aromatic N) is 2. The summed E-state index contributed by atoms with van der Waals surface area (Å²) in [7, 11) is -3.65. The third-order valence-electron chi connectivity index (χ3n) is 6.24. The number of piperidine rings is 1. The van der Waals surface area contributed by atoms with Gasteiger partial charge >= 0.3 is 0 Å². The highest BCUT2D eigenvalue weighted by atomic mass is 79.9. The van der Waals surface area contributed by atoms with Crippen molar-refractivity contribution in [1.29, 1.82) is 0 Å². The van der Waals surface area contributed by atoms with E-state index in [1.54, 1.807) is 36.4 Å². The lowest BCUT2D eigenvalue weighted by Crippen LogP contribution is -2.43. The second-order valence-corrected chi connectivity index (χ2v) is 11.5. The van der Waals surface area contributed by atoms with Gasteiger partial charge in [0, 0.05) is 36.3 Å². The molecule has 1 atom stereocenters. The van der Waals surface area contributed by atoms with E-state index in [1.165, 1.54) is 4.31 Å². The quantitative estimate of drug-likeness (QED) is 0.613. The molecule has 2 fully saturated rings. The van der Waals surface area contributed by atoms with Gasteiger partial charge in [-0.2, -0.15) is 4.31 Å². The molecular weight excluding hydrogens is 506 g/mol. The molecule has 0 bridgehead atoms. The topological polar surface area (TPSA) is 86.8 Å². The Morgan fingerprint density at radius 3 is 2.27 bits per heavy atom. The van der Waals surface area contributed by atoms with Crippen molar-refractivity contribution in [3.63, 3.8) is 0 Å². The first-order valence-electron chi connectivity index (χ1n) is 11.3. The molecule has 0 spiro atoms. The number of likely N-dealkylation sites (tertiary alicyclic amines) is 1. The molecule has 0 aliphatic carbocycles. The molecule has 33 heavy (non-hydrogen) atoms. The number of carbonyl (C=O) groups is 2. The van der Waals surface area contributed by atoms with Gasteiger partial charge in [0.25, 0.3) is 0 Å². The van der Waals surface area contributed by atoms with Gasteiger partial charge in [-0.25, -0.2) is 8.42 Å². The molecule has 2 aliphatic heterocycles. The fraction of sp³-hybridized carbons (Fsp3) is 0.417. The highest BCUT2D eigenvalue weighted by Gasteiger charge is 2.33. The van der Waals surface area contributed by atoms with Gasteiger partial charge in [-0.05, 0) is 67.6 Å². The number of sulfonamides is 1. The van der Waals surface area contributed by atoms with Gasteiger partial charge < -0.3 is 10.2 Å². The van der Waals surface area contributed by atoms with Crippen molar-refractivity contribution < 1.29 is 18.0 Å². The smallest absolute Gasteiger partial charge is 0.243 e. The third kappa shape index (κ3) is 5.83. The summed E-state index contributed by atoms with van der Waals surface area (Å²) in [6.07, 6.45) is 3.77. The van der Waals surface area contributed by atoms with Gasteiger partial charge in [-0.3, -0.25) is 9.59 Å². The van der Waals surface area contributed by atoms with Crippen molar-refractivity contribution in [3.8, 4) is 0 Å². The lowest BCUT2D eigenvalue weighted by atomic mass is 9.98. The maximum atomic E-state index is 13.0. The maximum absolute atomic E-state index is 13.0. The van der Waals surface area contributed by atoms with Crippen molar-refractivity contribution >= 4 is 43.5 Å². The van der Waals surface area contributed by atoms with Crippen LogP contribution in [0.5, 0.6) is 0 Å². The summed E-state index contributed by atoms with van der Waals surface area (Å²) < 4.78 is 28.2. The van der Waals surface area contributed by atoms with E-state index in [0.717, 1.165) is 36.0 Å². The van der Waals surface area contributed by atoms with E-state index in [-0.39, 0.29) is 23.3 Å². The number of anilines is 1. The first kappa shape index (κ1) is 23.9. The molecule has 7 nitrogen and oxygen atoms in total. The summed E-state index contributed by atoms with van der Waals surface area (Å²) in [6.45, 7) is 2.24. The first-order chi connectivity index (χ1) is 15.8. The Morgan fingerprint density at radius 1 is 0.939 bits per heavy atom. The van der Waals surface area contributed by atoms with Crippen LogP contribution in [0.25, 0.3) is 0 Å². The Bertz CT molecular complexity index is 1100. The van der Waals surface area contributed by atoms with Crippen molar-refractivity contribution in [2.45, 2.75) is 37.0 Å². The monoisotopic (exact) mass is 533 g/mol. The number of halogens is 1. The van der Waals surface area contributed by atoms with Crippen LogP contribution in [0.3, 0.4) is 0 Å². The summed E-state index contributed by atoms with van der Waals surface area (Å²) in [5.74, 6) is -0.467. The second kappa shape index (κ2) is 10.4. The predicted molar refractivity (Wildman–Crippen MR) is 130 cm³/mol. The van der Waals surface area contributed by atoms with Crippen LogP contribution in [0.4, 0.5) is 5.69 Å². The average molecular weight is 534 g/mol. The van der Waals surface area contributed by atoms with Crippen LogP contribution < -0.4 is 5.32 Å². The molecule has 176 valence electrons. The zero-order valence-corrected chi connectivity index (χ0v) is 20.8. The van der Waals surface area contributed by atoms with Gasteiger partial charge in [0.15, 0.2) is 0 Å². The number of carbonyl (C=O) groups excluding carboxylic acids is 2. The molecule has 2 aliphatic rings. The number of amides is 2. The molecule has 2 heterocycles. The number of hydrogen-bond donors (Lipinski definition) is 1. The fourth-order valence-electron chi connectivity index (χ4n) is 4.33. The molecule has 0 radical (unpaired) electrons. The number of hydrogen-bond acceptors (Lipinski definition) is 4. The van der Waals surface area contributed by atoms with Crippen LogP contribution >= 0.6 is 15.9 Å². The molecule has 4 rings (SSSR count). The Hall–Kier alpha value is -2.23. The Morgan fingerprint density at radius 2 is 1.61 bits per heavy atom. The normalized spacial score (nSPS) is 19.4. The number of nitrogens with one attached hydrogen (secondary N) is 1. The van der Waals surface area contributed by atoms with Crippen LogP contribution in [-0.2, 0) is 26.0 Å². The lowest BCUT2D eigenvalue weighted by molar-refractivity contribution is -0.129. The van der Waals surface area contributed by atoms with Crippen LogP contribution in [0.2, 0.25) is 0 Å². The molecular formula is C24H28BrN3O4S. The van der Waals surface area contributed by atoms with Crippen LogP contribution in [-0.4, -0.2) is 55.6 Å². The molecule has 2 saturated heterocycles. The van der Waals surface area contributed by atoms with Crippen LogP contribution in [0.15, 0.2) is 57.9 Å². The largest absolute Gasteiger partial charge is 0.342 e. The molecule has 0 unspecified atom stereocenters. The minimum atomic E-state index is -3.65. The van der Waals surface area contributed by atoms with Gasteiger partial charge in [0.2, 0.25) is 21.8 Å². The zero-order valence-electron chi connectivity index (χ0n) is 18.4. The van der Waals surface area contributed by atoms with E-state index >= 15 is 0 Å². The molecule has 2 amide bonds. The highest BCUT2D eigenvalue weighted by Crippen LogP contribution is 2.26. The Labute approximate surface area is 203 Å².